The number of fused-ring (bicyclic) bond motifs is 1. The summed E-state index contributed by atoms with van der Waals surface area (Å²) in [5.41, 5.74) is 2.77. The van der Waals surface area contributed by atoms with E-state index in [1.165, 1.54) is 0 Å². The zero-order chi connectivity index (χ0) is 14.5. The van der Waals surface area contributed by atoms with Gasteiger partial charge in [0.2, 0.25) is 0 Å². The predicted octanol–water partition coefficient (Wildman–Crippen LogP) is 2.69. The first-order valence-electron chi connectivity index (χ1n) is 7.11. The monoisotopic (exact) mass is 299 g/mol. The van der Waals surface area contributed by atoms with Crippen molar-refractivity contribution in [1.82, 2.24) is 25.5 Å². The van der Waals surface area contributed by atoms with E-state index in [-0.39, 0.29) is 0 Å². The molecule has 2 heterocycles. The Labute approximate surface area is 127 Å². The number of nitrogens with zero attached hydrogens (tertiary/aromatic N) is 4. The molecule has 0 fully saturated rings. The van der Waals surface area contributed by atoms with E-state index >= 15 is 0 Å². The van der Waals surface area contributed by atoms with Crippen LogP contribution in [0.15, 0.2) is 30.6 Å². The van der Waals surface area contributed by atoms with Gasteiger partial charge >= 0.3 is 0 Å². The minimum absolute atomic E-state index is 0.881. The first kappa shape index (κ1) is 14.0. The van der Waals surface area contributed by atoms with E-state index in [0.717, 1.165) is 52.5 Å². The Bertz CT molecular complexity index is 719. The van der Waals surface area contributed by atoms with E-state index in [2.05, 4.69) is 32.4 Å². The topological polar surface area (TPSA) is 63.6 Å². The highest BCUT2D eigenvalue weighted by molar-refractivity contribution is 7.14. The molecule has 3 aromatic rings. The van der Waals surface area contributed by atoms with E-state index in [0.29, 0.717) is 0 Å². The Balaban J connectivity index is 1.81. The molecular formula is C15H17N5S. The lowest BCUT2D eigenvalue weighted by molar-refractivity contribution is 0.668. The third kappa shape index (κ3) is 3.22. The normalized spacial score (nSPS) is 11.1. The molecule has 2 aromatic heterocycles. The van der Waals surface area contributed by atoms with Crippen molar-refractivity contribution >= 4 is 22.4 Å². The summed E-state index contributed by atoms with van der Waals surface area (Å²) < 4.78 is 0. The fraction of sp³-hybridized carbons (Fsp3) is 0.333. The van der Waals surface area contributed by atoms with Gasteiger partial charge in [-0.05, 0) is 25.1 Å². The average Bonchev–Trinajstić information content (AvgIpc) is 3.00. The third-order valence-corrected chi connectivity index (χ3v) is 4.15. The molecule has 0 aliphatic carbocycles. The molecular weight excluding hydrogens is 282 g/mol. The summed E-state index contributed by atoms with van der Waals surface area (Å²) in [5, 5.41) is 13.9. The molecule has 0 amide bonds. The lowest BCUT2D eigenvalue weighted by atomic mass is 10.2. The zero-order valence-electron chi connectivity index (χ0n) is 11.9. The number of hydrogen-bond acceptors (Lipinski definition) is 6. The maximum atomic E-state index is 4.42. The highest BCUT2D eigenvalue weighted by atomic mass is 32.1. The summed E-state index contributed by atoms with van der Waals surface area (Å²) in [5.74, 6) is 0. The number of nitrogens with one attached hydrogen (secondary N) is 1. The van der Waals surface area contributed by atoms with Gasteiger partial charge in [-0.2, -0.15) is 0 Å². The van der Waals surface area contributed by atoms with Gasteiger partial charge in [0, 0.05) is 30.9 Å². The molecule has 0 atom stereocenters. The molecule has 0 aliphatic rings. The predicted molar refractivity (Wildman–Crippen MR) is 85.3 cm³/mol. The van der Waals surface area contributed by atoms with Crippen molar-refractivity contribution in [2.24, 2.45) is 0 Å². The van der Waals surface area contributed by atoms with Crippen LogP contribution in [-0.4, -0.2) is 33.3 Å². The SMILES string of the molecule is CCCNCCc1nnc(-c2cccc3nccnc23)s1. The fourth-order valence-electron chi connectivity index (χ4n) is 2.13. The number of hydrogen-bond donors (Lipinski definition) is 1. The van der Waals surface area contributed by atoms with Crippen molar-refractivity contribution in [1.29, 1.82) is 0 Å². The van der Waals surface area contributed by atoms with Crippen molar-refractivity contribution in [3.8, 4) is 10.6 Å². The summed E-state index contributed by atoms with van der Waals surface area (Å²) in [7, 11) is 0. The molecule has 0 bridgehead atoms. The van der Waals surface area contributed by atoms with Crippen LogP contribution in [0.2, 0.25) is 0 Å². The van der Waals surface area contributed by atoms with E-state index in [1.807, 2.05) is 18.2 Å². The van der Waals surface area contributed by atoms with Crippen LogP contribution in [0.4, 0.5) is 0 Å². The summed E-state index contributed by atoms with van der Waals surface area (Å²) in [6.45, 7) is 4.15. The highest BCUT2D eigenvalue weighted by Crippen LogP contribution is 2.28. The molecule has 5 nitrogen and oxygen atoms in total. The van der Waals surface area contributed by atoms with E-state index in [1.54, 1.807) is 23.7 Å². The molecule has 0 radical (unpaired) electrons. The minimum Gasteiger partial charge on any atom is -0.316 e. The van der Waals surface area contributed by atoms with Crippen molar-refractivity contribution in [3.63, 3.8) is 0 Å². The molecule has 1 N–H and O–H groups in total. The van der Waals surface area contributed by atoms with Crippen molar-refractivity contribution in [3.05, 3.63) is 35.6 Å². The van der Waals surface area contributed by atoms with E-state index in [9.17, 15) is 0 Å². The van der Waals surface area contributed by atoms with Crippen LogP contribution in [0.5, 0.6) is 0 Å². The molecule has 0 aliphatic heterocycles. The second-order valence-corrected chi connectivity index (χ2v) is 5.79. The first-order chi connectivity index (χ1) is 10.4. The summed E-state index contributed by atoms with van der Waals surface area (Å²) >= 11 is 1.63. The number of rotatable bonds is 6. The molecule has 6 heteroatoms. The minimum atomic E-state index is 0.881. The second-order valence-electron chi connectivity index (χ2n) is 4.73. The van der Waals surface area contributed by atoms with Gasteiger partial charge in [0.25, 0.3) is 0 Å². The molecule has 0 spiro atoms. The second kappa shape index (κ2) is 6.69. The zero-order valence-corrected chi connectivity index (χ0v) is 12.7. The van der Waals surface area contributed by atoms with Crippen LogP contribution in [0.25, 0.3) is 21.6 Å². The molecule has 3 rings (SSSR count). The van der Waals surface area contributed by atoms with E-state index < -0.39 is 0 Å². The Morgan fingerprint density at radius 2 is 2.00 bits per heavy atom. The molecule has 21 heavy (non-hydrogen) atoms. The Morgan fingerprint density at radius 1 is 1.10 bits per heavy atom. The summed E-state index contributed by atoms with van der Waals surface area (Å²) in [4.78, 5) is 8.75. The number of para-hydroxylation sites is 1. The largest absolute Gasteiger partial charge is 0.316 e. The quantitative estimate of drug-likeness (QED) is 0.709. The summed E-state index contributed by atoms with van der Waals surface area (Å²) in [6, 6.07) is 5.97. The number of aromatic nitrogens is 4. The van der Waals surface area contributed by atoms with Crippen LogP contribution in [0, 0.1) is 0 Å². The van der Waals surface area contributed by atoms with Crippen LogP contribution >= 0.6 is 11.3 Å². The maximum absolute atomic E-state index is 4.42. The first-order valence-corrected chi connectivity index (χ1v) is 7.93. The van der Waals surface area contributed by atoms with Crippen LogP contribution in [-0.2, 0) is 6.42 Å². The van der Waals surface area contributed by atoms with Gasteiger partial charge in [-0.3, -0.25) is 9.97 Å². The lowest BCUT2D eigenvalue weighted by Gasteiger charge is -2.00. The Hall–Kier alpha value is -1.92. The Morgan fingerprint density at radius 3 is 2.90 bits per heavy atom. The van der Waals surface area contributed by atoms with Gasteiger partial charge in [-0.1, -0.05) is 24.3 Å². The van der Waals surface area contributed by atoms with Gasteiger partial charge in [0.05, 0.1) is 11.0 Å². The van der Waals surface area contributed by atoms with Crippen LogP contribution in [0.1, 0.15) is 18.4 Å². The van der Waals surface area contributed by atoms with Gasteiger partial charge in [0.15, 0.2) is 0 Å². The standard InChI is InChI=1S/C15H17N5S/c1-2-7-16-8-6-13-19-20-15(21-13)11-4-3-5-12-14(11)18-10-9-17-12/h3-5,9-10,16H,2,6-8H2,1H3. The number of benzene rings is 1. The maximum Gasteiger partial charge on any atom is 0.150 e. The fourth-order valence-corrected chi connectivity index (χ4v) is 2.99. The summed E-state index contributed by atoms with van der Waals surface area (Å²) in [6.07, 6.45) is 5.48. The smallest absolute Gasteiger partial charge is 0.150 e. The average molecular weight is 299 g/mol. The molecule has 0 unspecified atom stereocenters. The van der Waals surface area contributed by atoms with Gasteiger partial charge < -0.3 is 5.32 Å². The van der Waals surface area contributed by atoms with Gasteiger partial charge in [0.1, 0.15) is 10.0 Å². The molecule has 108 valence electrons. The highest BCUT2D eigenvalue weighted by Gasteiger charge is 2.10. The molecule has 0 saturated heterocycles. The Kier molecular flexibility index (Phi) is 4.47. The molecule has 1 aromatic carbocycles. The van der Waals surface area contributed by atoms with Crippen LogP contribution in [0.3, 0.4) is 0 Å². The van der Waals surface area contributed by atoms with Crippen molar-refractivity contribution < 1.29 is 0 Å². The van der Waals surface area contributed by atoms with Crippen molar-refractivity contribution in [2.45, 2.75) is 19.8 Å². The molecule has 0 saturated carbocycles. The van der Waals surface area contributed by atoms with Crippen LogP contribution < -0.4 is 5.32 Å². The van der Waals surface area contributed by atoms with Gasteiger partial charge in [-0.25, -0.2) is 0 Å². The third-order valence-electron chi connectivity index (χ3n) is 3.14. The van der Waals surface area contributed by atoms with Gasteiger partial charge in [-0.15, -0.1) is 10.2 Å². The van der Waals surface area contributed by atoms with Crippen molar-refractivity contribution in [2.75, 3.05) is 13.1 Å². The van der Waals surface area contributed by atoms with E-state index in [4.69, 9.17) is 0 Å². The lowest BCUT2D eigenvalue weighted by Crippen LogP contribution is -2.17.